The monoisotopic (exact) mass is 343 g/mol. The molecule has 2 rings (SSSR count). The Bertz CT molecular complexity index is 591. The van der Waals surface area contributed by atoms with Gasteiger partial charge in [0, 0.05) is 28.3 Å². The molecule has 114 valence electrons. The molecular weight excluding hydrogens is 325 g/mol. The predicted octanol–water partition coefficient (Wildman–Crippen LogP) is 5.41. The molecule has 0 aliphatic heterocycles. The van der Waals surface area contributed by atoms with Crippen molar-refractivity contribution in [1.29, 1.82) is 0 Å². The summed E-state index contributed by atoms with van der Waals surface area (Å²) in [6, 6.07) is 5.58. The maximum absolute atomic E-state index is 6.21. The lowest BCUT2D eigenvalue weighted by Gasteiger charge is -2.11. The topological polar surface area (TPSA) is 30.7 Å². The molecule has 0 amide bonds. The van der Waals surface area contributed by atoms with Crippen LogP contribution in [0.1, 0.15) is 44.5 Å². The highest BCUT2D eigenvalue weighted by Gasteiger charge is 2.15. The molecule has 2 aromatic rings. The van der Waals surface area contributed by atoms with E-state index in [0.29, 0.717) is 21.7 Å². The fourth-order valence-electron chi connectivity index (χ4n) is 2.07. The van der Waals surface area contributed by atoms with Crippen molar-refractivity contribution in [3.8, 4) is 0 Å². The molecule has 3 nitrogen and oxygen atoms in total. The second-order valence-corrected chi connectivity index (χ2v) is 6.89. The van der Waals surface area contributed by atoms with Gasteiger partial charge < -0.3 is 4.57 Å². The van der Waals surface area contributed by atoms with Crippen molar-refractivity contribution in [3.63, 3.8) is 0 Å². The molecule has 0 aliphatic rings. The van der Waals surface area contributed by atoms with E-state index in [2.05, 4.69) is 35.5 Å². The number of benzene rings is 1. The van der Waals surface area contributed by atoms with E-state index in [1.54, 1.807) is 11.8 Å². The predicted molar refractivity (Wildman–Crippen MR) is 90.4 cm³/mol. The average molecular weight is 344 g/mol. The summed E-state index contributed by atoms with van der Waals surface area (Å²) < 4.78 is 2.19. The Hall–Kier alpha value is -0.710. The Morgan fingerprint density at radius 1 is 1.19 bits per heavy atom. The lowest BCUT2D eigenvalue weighted by Crippen LogP contribution is -2.06. The fraction of sp³-hybridized carbons (Fsp3) is 0.467. The summed E-state index contributed by atoms with van der Waals surface area (Å²) in [5.41, 5.74) is 0.947. The zero-order chi connectivity index (χ0) is 15.4. The van der Waals surface area contributed by atoms with Crippen LogP contribution in [0.15, 0.2) is 23.4 Å². The second-order valence-electron chi connectivity index (χ2n) is 5.14. The normalized spacial score (nSPS) is 11.3. The highest BCUT2D eigenvalue weighted by atomic mass is 35.5. The van der Waals surface area contributed by atoms with Crippen molar-refractivity contribution in [3.05, 3.63) is 39.6 Å². The van der Waals surface area contributed by atoms with Crippen LogP contribution in [-0.2, 0) is 12.3 Å². The number of rotatable bonds is 6. The second kappa shape index (κ2) is 7.52. The Kier molecular flexibility index (Phi) is 5.97. The van der Waals surface area contributed by atoms with E-state index in [9.17, 15) is 0 Å². The summed E-state index contributed by atoms with van der Waals surface area (Å²) in [4.78, 5) is 0. The minimum absolute atomic E-state index is 0.363. The minimum Gasteiger partial charge on any atom is -0.306 e. The van der Waals surface area contributed by atoms with Gasteiger partial charge in [-0.05, 0) is 24.1 Å². The Balaban J connectivity index is 2.20. The van der Waals surface area contributed by atoms with Crippen LogP contribution >= 0.6 is 35.0 Å². The molecule has 0 fully saturated rings. The molecule has 0 aliphatic carbocycles. The molecule has 0 unspecified atom stereocenters. The Morgan fingerprint density at radius 3 is 2.43 bits per heavy atom. The van der Waals surface area contributed by atoms with E-state index in [4.69, 9.17) is 23.2 Å². The van der Waals surface area contributed by atoms with Crippen LogP contribution in [-0.4, -0.2) is 14.8 Å². The van der Waals surface area contributed by atoms with Crippen LogP contribution in [0.5, 0.6) is 0 Å². The van der Waals surface area contributed by atoms with E-state index < -0.39 is 0 Å². The Labute approximate surface area is 140 Å². The largest absolute Gasteiger partial charge is 0.306 e. The summed E-state index contributed by atoms with van der Waals surface area (Å²) in [5.74, 6) is 2.09. The van der Waals surface area contributed by atoms with Crippen molar-refractivity contribution in [2.24, 2.45) is 0 Å². The van der Waals surface area contributed by atoms with Crippen molar-refractivity contribution in [2.75, 3.05) is 0 Å². The van der Waals surface area contributed by atoms with Crippen molar-refractivity contribution < 1.29 is 0 Å². The molecule has 0 N–H and O–H groups in total. The first-order chi connectivity index (χ1) is 10.0. The standard InChI is InChI=1S/C15H19Cl2N3S/c1-4-8-20-14(10(2)3)18-19-15(20)21-9-11-12(16)6-5-7-13(11)17/h5-7,10H,4,8-9H2,1-3H3. The third-order valence-electron chi connectivity index (χ3n) is 3.12. The first kappa shape index (κ1) is 16.7. The molecule has 21 heavy (non-hydrogen) atoms. The number of thioether (sulfide) groups is 1. The summed E-state index contributed by atoms with van der Waals surface area (Å²) >= 11 is 14.1. The molecule has 1 aromatic heterocycles. The van der Waals surface area contributed by atoms with Crippen molar-refractivity contribution in [2.45, 2.75) is 50.6 Å². The molecule has 0 spiro atoms. The van der Waals surface area contributed by atoms with Gasteiger partial charge in [-0.1, -0.05) is 61.8 Å². The molecule has 0 saturated heterocycles. The van der Waals surface area contributed by atoms with Crippen LogP contribution in [0.3, 0.4) is 0 Å². The maximum atomic E-state index is 6.21. The van der Waals surface area contributed by atoms with Crippen molar-refractivity contribution in [1.82, 2.24) is 14.8 Å². The first-order valence-corrected chi connectivity index (χ1v) is 8.77. The highest BCUT2D eigenvalue weighted by molar-refractivity contribution is 7.98. The zero-order valence-electron chi connectivity index (χ0n) is 12.4. The smallest absolute Gasteiger partial charge is 0.191 e. The first-order valence-electron chi connectivity index (χ1n) is 7.03. The molecule has 1 aromatic carbocycles. The maximum Gasteiger partial charge on any atom is 0.191 e. The van der Waals surface area contributed by atoms with Gasteiger partial charge in [0.15, 0.2) is 5.16 Å². The highest BCUT2D eigenvalue weighted by Crippen LogP contribution is 2.31. The van der Waals surface area contributed by atoms with Crippen molar-refractivity contribution >= 4 is 35.0 Å². The summed E-state index contributed by atoms with van der Waals surface area (Å²) in [5, 5.41) is 11.0. The summed E-state index contributed by atoms with van der Waals surface area (Å²) in [6.07, 6.45) is 1.05. The molecule has 0 radical (unpaired) electrons. The van der Waals surface area contributed by atoms with E-state index in [1.807, 2.05) is 18.2 Å². The summed E-state index contributed by atoms with van der Waals surface area (Å²) in [7, 11) is 0. The number of hydrogen-bond donors (Lipinski definition) is 0. The van der Waals surface area contributed by atoms with E-state index in [0.717, 1.165) is 29.5 Å². The van der Waals surface area contributed by atoms with Crippen LogP contribution in [0.25, 0.3) is 0 Å². The molecule has 6 heteroatoms. The average Bonchev–Trinajstić information content (AvgIpc) is 2.82. The van der Waals surface area contributed by atoms with E-state index >= 15 is 0 Å². The minimum atomic E-state index is 0.363. The molecule has 0 atom stereocenters. The van der Waals surface area contributed by atoms with Gasteiger partial charge in [-0.2, -0.15) is 0 Å². The van der Waals surface area contributed by atoms with Gasteiger partial charge in [0.1, 0.15) is 5.82 Å². The van der Waals surface area contributed by atoms with Gasteiger partial charge in [-0.15, -0.1) is 10.2 Å². The van der Waals surface area contributed by atoms with Gasteiger partial charge in [0.05, 0.1) is 0 Å². The number of nitrogens with zero attached hydrogens (tertiary/aromatic N) is 3. The van der Waals surface area contributed by atoms with Gasteiger partial charge in [-0.25, -0.2) is 0 Å². The van der Waals surface area contributed by atoms with E-state index in [-0.39, 0.29) is 0 Å². The van der Waals surface area contributed by atoms with Gasteiger partial charge >= 0.3 is 0 Å². The van der Waals surface area contributed by atoms with Crippen LogP contribution in [0, 0.1) is 0 Å². The Morgan fingerprint density at radius 2 is 1.86 bits per heavy atom. The SMILES string of the molecule is CCCn1c(SCc2c(Cl)cccc2Cl)nnc1C(C)C. The van der Waals surface area contributed by atoms with E-state index in [1.165, 1.54) is 0 Å². The lowest BCUT2D eigenvalue weighted by atomic mass is 10.2. The third-order valence-corrected chi connectivity index (χ3v) is 4.82. The lowest BCUT2D eigenvalue weighted by molar-refractivity contribution is 0.572. The molecular formula is C15H19Cl2N3S. The van der Waals surface area contributed by atoms with Gasteiger partial charge in [-0.3, -0.25) is 0 Å². The van der Waals surface area contributed by atoms with Gasteiger partial charge in [0.2, 0.25) is 0 Å². The quantitative estimate of drug-likeness (QED) is 0.657. The molecule has 0 bridgehead atoms. The fourth-order valence-corrected chi connectivity index (χ4v) is 3.79. The van der Waals surface area contributed by atoms with Crippen LogP contribution < -0.4 is 0 Å². The number of halogens is 2. The third kappa shape index (κ3) is 3.93. The summed E-state index contributed by atoms with van der Waals surface area (Å²) in [6.45, 7) is 7.35. The van der Waals surface area contributed by atoms with Gasteiger partial charge in [0.25, 0.3) is 0 Å². The molecule has 0 saturated carbocycles. The molecule has 1 heterocycles. The van der Waals surface area contributed by atoms with Crippen LogP contribution in [0.4, 0.5) is 0 Å². The number of hydrogen-bond acceptors (Lipinski definition) is 3. The zero-order valence-corrected chi connectivity index (χ0v) is 14.8. The number of aromatic nitrogens is 3. The van der Waals surface area contributed by atoms with Crippen LogP contribution in [0.2, 0.25) is 10.0 Å².